The van der Waals surface area contributed by atoms with Crippen molar-refractivity contribution in [3.8, 4) is 0 Å². The topological polar surface area (TPSA) is 124 Å². The molecule has 136 valence electrons. The molecule has 0 spiro atoms. The molecule has 0 aliphatic carbocycles. The molecule has 27 heavy (non-hydrogen) atoms. The molecule has 0 unspecified atom stereocenters. The van der Waals surface area contributed by atoms with Crippen LogP contribution in [0.3, 0.4) is 0 Å². The van der Waals surface area contributed by atoms with E-state index >= 15 is 0 Å². The number of nitro benzene ring substituents is 1. The number of aryl methyl sites for hydroxylation is 1. The molecular formula is C18H14N4O5. The number of nitrogens with one attached hydrogen (secondary N) is 1. The third kappa shape index (κ3) is 4.03. The highest BCUT2D eigenvalue weighted by atomic mass is 16.6. The van der Waals surface area contributed by atoms with E-state index in [1.807, 2.05) is 0 Å². The van der Waals surface area contributed by atoms with Gasteiger partial charge in [0.1, 0.15) is 5.52 Å². The number of nitrogens with zero attached hydrogens (tertiary/aromatic N) is 3. The predicted octanol–water partition coefficient (Wildman–Crippen LogP) is 2.64. The Labute approximate surface area is 153 Å². The Kier molecular flexibility index (Phi) is 5.02. The first kappa shape index (κ1) is 17.9. The average molecular weight is 366 g/mol. The smallest absolute Gasteiger partial charge is 0.340 e. The molecule has 0 atom stereocenters. The molecule has 0 aliphatic rings. The van der Waals surface area contributed by atoms with Crippen molar-refractivity contribution >= 4 is 34.3 Å². The molecular weight excluding hydrogens is 352 g/mol. The molecule has 3 aromatic rings. The van der Waals surface area contributed by atoms with Crippen molar-refractivity contribution in [2.75, 3.05) is 11.9 Å². The van der Waals surface area contributed by atoms with Crippen molar-refractivity contribution in [2.45, 2.75) is 6.92 Å². The zero-order chi connectivity index (χ0) is 19.4. The first-order valence-corrected chi connectivity index (χ1v) is 7.87. The summed E-state index contributed by atoms with van der Waals surface area (Å²) in [7, 11) is 0. The van der Waals surface area contributed by atoms with Gasteiger partial charge in [-0.05, 0) is 24.6 Å². The molecule has 9 nitrogen and oxygen atoms in total. The fourth-order valence-electron chi connectivity index (χ4n) is 2.41. The fourth-order valence-corrected chi connectivity index (χ4v) is 2.41. The Balaban J connectivity index is 1.68. The van der Waals surface area contributed by atoms with Gasteiger partial charge in [-0.25, -0.2) is 4.79 Å². The van der Waals surface area contributed by atoms with E-state index in [9.17, 15) is 19.7 Å². The van der Waals surface area contributed by atoms with Crippen molar-refractivity contribution in [3.63, 3.8) is 0 Å². The molecule has 0 radical (unpaired) electrons. The second-order valence-electron chi connectivity index (χ2n) is 5.61. The summed E-state index contributed by atoms with van der Waals surface area (Å²) in [5, 5.41) is 13.3. The number of nitro groups is 1. The number of carbonyl (C=O) groups is 2. The summed E-state index contributed by atoms with van der Waals surface area (Å²) in [6, 6.07) is 8.98. The van der Waals surface area contributed by atoms with Gasteiger partial charge in [-0.15, -0.1) is 0 Å². The van der Waals surface area contributed by atoms with Crippen molar-refractivity contribution in [1.29, 1.82) is 0 Å². The first-order chi connectivity index (χ1) is 13.0. The molecule has 9 heteroatoms. The number of hydrogen-bond acceptors (Lipinski definition) is 7. The van der Waals surface area contributed by atoms with Gasteiger partial charge in [0.05, 0.1) is 21.7 Å². The van der Waals surface area contributed by atoms with Crippen LogP contribution < -0.4 is 5.32 Å². The van der Waals surface area contributed by atoms with Crippen molar-refractivity contribution in [3.05, 3.63) is 70.0 Å². The number of aromatic nitrogens is 2. The summed E-state index contributed by atoms with van der Waals surface area (Å²) in [6.07, 6.45) is 2.96. The number of rotatable bonds is 5. The van der Waals surface area contributed by atoms with Gasteiger partial charge in [0.25, 0.3) is 11.6 Å². The highest BCUT2D eigenvalue weighted by molar-refractivity contribution is 6.03. The lowest BCUT2D eigenvalue weighted by Crippen LogP contribution is -2.21. The summed E-state index contributed by atoms with van der Waals surface area (Å²) in [6.45, 7) is 1.15. The Hall–Kier alpha value is -3.88. The van der Waals surface area contributed by atoms with Crippen LogP contribution in [0.15, 0.2) is 48.8 Å². The van der Waals surface area contributed by atoms with E-state index in [1.165, 1.54) is 36.7 Å². The number of fused-ring (bicyclic) bond motifs is 1. The third-order valence-electron chi connectivity index (χ3n) is 3.76. The van der Waals surface area contributed by atoms with Crippen molar-refractivity contribution in [2.24, 2.45) is 0 Å². The molecule has 1 heterocycles. The van der Waals surface area contributed by atoms with Crippen LogP contribution in [0.2, 0.25) is 0 Å². The van der Waals surface area contributed by atoms with Crippen LogP contribution >= 0.6 is 0 Å². The number of amides is 1. The van der Waals surface area contributed by atoms with Crippen LogP contribution in [0, 0.1) is 17.0 Å². The van der Waals surface area contributed by atoms with Crippen molar-refractivity contribution in [1.82, 2.24) is 9.97 Å². The molecule has 1 aromatic heterocycles. The van der Waals surface area contributed by atoms with Gasteiger partial charge in [-0.2, -0.15) is 0 Å². The lowest BCUT2D eigenvalue weighted by Gasteiger charge is -2.09. The summed E-state index contributed by atoms with van der Waals surface area (Å²) in [5.74, 6) is -1.33. The minimum absolute atomic E-state index is 0.151. The number of ether oxygens (including phenoxy) is 1. The number of anilines is 1. The van der Waals surface area contributed by atoms with Gasteiger partial charge >= 0.3 is 5.97 Å². The van der Waals surface area contributed by atoms with E-state index in [0.29, 0.717) is 16.6 Å². The third-order valence-corrected chi connectivity index (χ3v) is 3.76. The van der Waals surface area contributed by atoms with E-state index in [1.54, 1.807) is 19.1 Å². The number of esters is 1. The summed E-state index contributed by atoms with van der Waals surface area (Å²) in [4.78, 5) is 42.8. The number of carbonyl (C=O) groups excluding carboxylic acids is 2. The Morgan fingerprint density at radius 3 is 2.74 bits per heavy atom. The van der Waals surface area contributed by atoms with Crippen LogP contribution in [-0.2, 0) is 9.53 Å². The molecule has 3 rings (SSSR count). The van der Waals surface area contributed by atoms with Gasteiger partial charge in [0.2, 0.25) is 0 Å². The largest absolute Gasteiger partial charge is 0.452 e. The molecule has 0 bridgehead atoms. The van der Waals surface area contributed by atoms with Crippen LogP contribution in [0.25, 0.3) is 11.0 Å². The van der Waals surface area contributed by atoms with Gasteiger partial charge in [0, 0.05) is 24.5 Å². The predicted molar refractivity (Wildman–Crippen MR) is 96.3 cm³/mol. The van der Waals surface area contributed by atoms with Crippen LogP contribution in [0.1, 0.15) is 15.9 Å². The standard InChI is InChI=1S/C18H14N4O5/c1-11-5-6-12(22(25)26)9-15(11)21-16(23)10-27-18(24)13-3-2-4-14-17(13)20-8-7-19-14/h2-9H,10H2,1H3,(H,21,23). The first-order valence-electron chi connectivity index (χ1n) is 7.87. The molecule has 2 aromatic carbocycles. The molecule has 0 saturated carbocycles. The van der Waals surface area contributed by atoms with E-state index < -0.39 is 23.4 Å². The molecule has 1 amide bonds. The van der Waals surface area contributed by atoms with Crippen LogP contribution in [0.5, 0.6) is 0 Å². The van der Waals surface area contributed by atoms with E-state index in [2.05, 4.69) is 15.3 Å². The summed E-state index contributed by atoms with van der Waals surface area (Å²) >= 11 is 0. The van der Waals surface area contributed by atoms with Crippen LogP contribution in [0.4, 0.5) is 11.4 Å². The molecule has 0 saturated heterocycles. The number of para-hydroxylation sites is 1. The quantitative estimate of drug-likeness (QED) is 0.418. The van der Waals surface area contributed by atoms with Gasteiger partial charge in [-0.3, -0.25) is 24.9 Å². The highest BCUT2D eigenvalue weighted by Crippen LogP contribution is 2.22. The zero-order valence-electron chi connectivity index (χ0n) is 14.2. The SMILES string of the molecule is Cc1ccc([N+](=O)[O-])cc1NC(=O)COC(=O)c1cccc2nccnc12. The normalized spacial score (nSPS) is 10.4. The maximum Gasteiger partial charge on any atom is 0.340 e. The molecule has 0 aliphatic heterocycles. The second-order valence-corrected chi connectivity index (χ2v) is 5.61. The van der Waals surface area contributed by atoms with Gasteiger partial charge in [0.15, 0.2) is 6.61 Å². The minimum atomic E-state index is -0.716. The second kappa shape index (κ2) is 7.56. The van der Waals surface area contributed by atoms with Crippen LogP contribution in [-0.4, -0.2) is 33.4 Å². The Morgan fingerprint density at radius 1 is 1.19 bits per heavy atom. The van der Waals surface area contributed by atoms with Gasteiger partial charge in [-0.1, -0.05) is 12.1 Å². The zero-order valence-corrected chi connectivity index (χ0v) is 14.2. The molecule has 0 fully saturated rings. The van der Waals surface area contributed by atoms with E-state index in [4.69, 9.17) is 4.74 Å². The number of non-ortho nitro benzene ring substituents is 1. The highest BCUT2D eigenvalue weighted by Gasteiger charge is 2.16. The number of benzene rings is 2. The monoisotopic (exact) mass is 366 g/mol. The van der Waals surface area contributed by atoms with Crippen molar-refractivity contribution < 1.29 is 19.2 Å². The van der Waals surface area contributed by atoms with E-state index in [0.717, 1.165) is 0 Å². The summed E-state index contributed by atoms with van der Waals surface area (Å²) in [5.41, 5.74) is 1.87. The Bertz CT molecular complexity index is 1050. The average Bonchev–Trinajstić information content (AvgIpc) is 2.67. The Morgan fingerprint density at radius 2 is 1.96 bits per heavy atom. The maximum absolute atomic E-state index is 12.3. The maximum atomic E-state index is 12.3. The molecule has 1 N–H and O–H groups in total. The van der Waals surface area contributed by atoms with Gasteiger partial charge < -0.3 is 10.1 Å². The fraction of sp³-hybridized carbons (Fsp3) is 0.111. The minimum Gasteiger partial charge on any atom is -0.452 e. The lowest BCUT2D eigenvalue weighted by atomic mass is 10.2. The van der Waals surface area contributed by atoms with E-state index in [-0.39, 0.29) is 16.9 Å². The number of hydrogen-bond donors (Lipinski definition) is 1. The summed E-state index contributed by atoms with van der Waals surface area (Å²) < 4.78 is 5.04. The lowest BCUT2D eigenvalue weighted by molar-refractivity contribution is -0.384.